The first kappa shape index (κ1) is 8.94. The number of carbonyl (C=O) groups excluding carboxylic acids is 1. The minimum Gasteiger partial charge on any atom is -0.617 e. The second kappa shape index (κ2) is 4.78. The molecule has 53 valence electrons. The van der Waals surface area contributed by atoms with Gasteiger partial charge in [0.15, 0.2) is 0 Å². The molecule has 0 fully saturated rings. The molecule has 2 N–H and O–H groups in total. The van der Waals surface area contributed by atoms with E-state index in [0.29, 0.717) is 12.2 Å². The molecular weight excluding hydrogens is 138 g/mol. The summed E-state index contributed by atoms with van der Waals surface area (Å²) in [5, 5.41) is 0. The van der Waals surface area contributed by atoms with E-state index in [4.69, 9.17) is 5.73 Å². The third-order valence-electron chi connectivity index (χ3n) is 0.868. The Hall–Kier alpha value is -0.0600. The standard InChI is InChI=1S/C5H10NO2S/c1-9(8)3-2-5(6)4-7/h5H,2-3,6H2,1H3/t5-,9?/m1/s1. The minimum absolute atomic E-state index is 0.465. The predicted molar refractivity (Wildman–Crippen MR) is 37.2 cm³/mol. The molecule has 0 bridgehead atoms. The molecule has 0 aromatic heterocycles. The lowest BCUT2D eigenvalue weighted by Crippen LogP contribution is -2.24. The third kappa shape index (κ3) is 5.82. The lowest BCUT2D eigenvalue weighted by Gasteiger charge is -2.04. The van der Waals surface area contributed by atoms with Gasteiger partial charge in [-0.3, -0.25) is 4.79 Å². The quantitative estimate of drug-likeness (QED) is 0.530. The van der Waals surface area contributed by atoms with Crippen molar-refractivity contribution in [2.75, 3.05) is 12.0 Å². The van der Waals surface area contributed by atoms with Crippen LogP contribution in [0.5, 0.6) is 0 Å². The fourth-order valence-electron chi connectivity index (χ4n) is 0.352. The molecule has 0 aliphatic rings. The summed E-state index contributed by atoms with van der Waals surface area (Å²) in [6.07, 6.45) is 3.66. The molecular formula is C5H10NO2S. The molecule has 3 nitrogen and oxygen atoms in total. The average Bonchev–Trinajstić information content (AvgIpc) is 1.83. The van der Waals surface area contributed by atoms with Crippen molar-refractivity contribution in [3.05, 3.63) is 0 Å². The fourth-order valence-corrected chi connectivity index (χ4v) is 0.938. The maximum Gasteiger partial charge on any atom is 0.216 e. The van der Waals surface area contributed by atoms with Crippen LogP contribution in [0.25, 0.3) is 0 Å². The van der Waals surface area contributed by atoms with Crippen molar-refractivity contribution in [1.82, 2.24) is 0 Å². The van der Waals surface area contributed by atoms with Crippen molar-refractivity contribution in [2.45, 2.75) is 12.5 Å². The minimum atomic E-state index is -0.847. The van der Waals surface area contributed by atoms with Crippen LogP contribution in [0.3, 0.4) is 0 Å². The van der Waals surface area contributed by atoms with E-state index in [1.165, 1.54) is 0 Å². The molecule has 0 amide bonds. The van der Waals surface area contributed by atoms with Crippen molar-refractivity contribution in [3.63, 3.8) is 0 Å². The van der Waals surface area contributed by atoms with Gasteiger partial charge in [0, 0.05) is 6.42 Å². The van der Waals surface area contributed by atoms with Gasteiger partial charge >= 0.3 is 0 Å². The normalized spacial score (nSPS) is 16.8. The zero-order valence-electron chi connectivity index (χ0n) is 5.29. The molecule has 0 aliphatic heterocycles. The van der Waals surface area contributed by atoms with Gasteiger partial charge < -0.3 is 10.3 Å². The van der Waals surface area contributed by atoms with E-state index >= 15 is 0 Å². The Morgan fingerprint density at radius 3 is 2.78 bits per heavy atom. The Balaban J connectivity index is 3.16. The van der Waals surface area contributed by atoms with Gasteiger partial charge in [-0.25, -0.2) is 0 Å². The van der Waals surface area contributed by atoms with Gasteiger partial charge in [0.25, 0.3) is 0 Å². The van der Waals surface area contributed by atoms with E-state index in [-0.39, 0.29) is 0 Å². The highest BCUT2D eigenvalue weighted by Crippen LogP contribution is 1.90. The summed E-state index contributed by atoms with van der Waals surface area (Å²) in [4.78, 5) is 9.77. The van der Waals surface area contributed by atoms with Gasteiger partial charge in [-0.1, -0.05) is 11.2 Å². The van der Waals surface area contributed by atoms with Gasteiger partial charge in [-0.2, -0.15) is 0 Å². The molecule has 0 spiro atoms. The molecule has 1 unspecified atom stereocenters. The molecule has 0 aromatic carbocycles. The number of nitrogens with two attached hydrogens (primary N) is 1. The molecule has 0 rings (SSSR count). The lowest BCUT2D eigenvalue weighted by atomic mass is 10.3. The van der Waals surface area contributed by atoms with E-state index in [0.717, 1.165) is 0 Å². The second-order valence-electron chi connectivity index (χ2n) is 1.79. The van der Waals surface area contributed by atoms with E-state index in [9.17, 15) is 9.35 Å². The molecule has 0 aromatic rings. The van der Waals surface area contributed by atoms with E-state index in [1.54, 1.807) is 12.5 Å². The summed E-state index contributed by atoms with van der Waals surface area (Å²) in [5.41, 5.74) is 5.16. The Kier molecular flexibility index (Phi) is 4.75. The number of hydrogen-bond donors (Lipinski definition) is 1. The molecule has 1 radical (unpaired) electrons. The van der Waals surface area contributed by atoms with E-state index in [1.807, 2.05) is 0 Å². The smallest absolute Gasteiger partial charge is 0.216 e. The molecule has 9 heavy (non-hydrogen) atoms. The Morgan fingerprint density at radius 2 is 2.44 bits per heavy atom. The summed E-state index contributed by atoms with van der Waals surface area (Å²) in [5.74, 6) is 0.483. The van der Waals surface area contributed by atoms with Crippen LogP contribution >= 0.6 is 0 Å². The zero-order valence-corrected chi connectivity index (χ0v) is 6.11. The van der Waals surface area contributed by atoms with Gasteiger partial charge in [0.2, 0.25) is 6.29 Å². The lowest BCUT2D eigenvalue weighted by molar-refractivity contribution is 0.538. The summed E-state index contributed by atoms with van der Waals surface area (Å²) in [6.45, 7) is 0. The van der Waals surface area contributed by atoms with E-state index < -0.39 is 17.2 Å². The topological polar surface area (TPSA) is 66.2 Å². The van der Waals surface area contributed by atoms with Crippen molar-refractivity contribution in [1.29, 1.82) is 0 Å². The van der Waals surface area contributed by atoms with Gasteiger partial charge in [-0.05, 0) is 0 Å². The van der Waals surface area contributed by atoms with E-state index in [2.05, 4.69) is 0 Å². The molecule has 4 heteroatoms. The van der Waals surface area contributed by atoms with Crippen molar-refractivity contribution in [3.8, 4) is 0 Å². The zero-order chi connectivity index (χ0) is 7.28. The van der Waals surface area contributed by atoms with Crippen molar-refractivity contribution in [2.24, 2.45) is 5.73 Å². The maximum absolute atomic E-state index is 10.4. The average molecular weight is 148 g/mol. The predicted octanol–water partition coefficient (Wildman–Crippen LogP) is -0.808. The third-order valence-corrected chi connectivity index (χ3v) is 1.68. The Bertz CT molecular complexity index is 87.0. The summed E-state index contributed by atoms with van der Waals surface area (Å²) in [7, 11) is 0. The van der Waals surface area contributed by atoms with Crippen LogP contribution in [0.1, 0.15) is 6.42 Å². The van der Waals surface area contributed by atoms with Crippen LogP contribution in [-0.4, -0.2) is 28.9 Å². The molecule has 0 saturated heterocycles. The SMILES string of the molecule is C[S+]([O-])CC[C@@H](N)[C]=O. The van der Waals surface area contributed by atoms with Crippen LogP contribution in [0.2, 0.25) is 0 Å². The summed E-state index contributed by atoms with van der Waals surface area (Å²) in [6, 6.07) is -0.561. The molecule has 2 atom stereocenters. The monoisotopic (exact) mass is 148 g/mol. The van der Waals surface area contributed by atoms with Crippen molar-refractivity contribution < 1.29 is 9.35 Å². The van der Waals surface area contributed by atoms with Crippen LogP contribution in [-0.2, 0) is 16.0 Å². The molecule has 0 saturated carbocycles. The van der Waals surface area contributed by atoms with Crippen LogP contribution in [0, 0.1) is 0 Å². The second-order valence-corrected chi connectivity index (χ2v) is 3.34. The Morgan fingerprint density at radius 1 is 1.89 bits per heavy atom. The number of rotatable bonds is 4. The summed E-state index contributed by atoms with van der Waals surface area (Å²) < 4.78 is 10.4. The highest BCUT2D eigenvalue weighted by atomic mass is 32.2. The van der Waals surface area contributed by atoms with Crippen molar-refractivity contribution >= 4 is 17.5 Å². The van der Waals surface area contributed by atoms with Gasteiger partial charge in [-0.15, -0.1) is 0 Å². The highest BCUT2D eigenvalue weighted by Gasteiger charge is 2.04. The highest BCUT2D eigenvalue weighted by molar-refractivity contribution is 7.90. The van der Waals surface area contributed by atoms with Gasteiger partial charge in [0.05, 0.1) is 12.3 Å². The summed E-state index contributed by atoms with van der Waals surface area (Å²) >= 11 is -0.847. The Labute approximate surface area is 57.8 Å². The van der Waals surface area contributed by atoms with Crippen LogP contribution < -0.4 is 5.73 Å². The maximum atomic E-state index is 10.4. The first-order valence-electron chi connectivity index (χ1n) is 2.60. The number of hydrogen-bond acceptors (Lipinski definition) is 3. The van der Waals surface area contributed by atoms with Gasteiger partial charge in [0.1, 0.15) is 5.75 Å². The molecule has 0 heterocycles. The first-order chi connectivity index (χ1) is 4.16. The van der Waals surface area contributed by atoms with Crippen LogP contribution in [0.4, 0.5) is 0 Å². The fraction of sp³-hybridized carbons (Fsp3) is 0.800. The molecule has 0 aliphatic carbocycles. The first-order valence-corrected chi connectivity index (χ1v) is 4.33. The largest absolute Gasteiger partial charge is 0.617 e. The van der Waals surface area contributed by atoms with Crippen LogP contribution in [0.15, 0.2) is 0 Å².